The lowest BCUT2D eigenvalue weighted by molar-refractivity contribution is -0.114. The summed E-state index contributed by atoms with van der Waals surface area (Å²) in [6.45, 7) is 6.14. The molecule has 10 heteroatoms. The molecule has 0 aliphatic heterocycles. The highest BCUT2D eigenvalue weighted by atomic mass is 35.5. The summed E-state index contributed by atoms with van der Waals surface area (Å²) >= 11 is 5.76. The fraction of sp³-hybridized carbons (Fsp3) is 0.188. The molecule has 1 aromatic heterocycles. The van der Waals surface area contributed by atoms with Gasteiger partial charge >= 0.3 is 0 Å². The van der Waals surface area contributed by atoms with Gasteiger partial charge in [-0.2, -0.15) is 0 Å². The maximum absolute atomic E-state index is 12.4. The second-order valence-electron chi connectivity index (χ2n) is 5.36. The molecule has 0 saturated heterocycles. The Morgan fingerprint density at radius 2 is 2.12 bits per heavy atom. The van der Waals surface area contributed by atoms with E-state index in [-0.39, 0.29) is 34.7 Å². The number of benzene rings is 1. The minimum Gasteiger partial charge on any atom is -0.508 e. The van der Waals surface area contributed by atoms with Crippen LogP contribution < -0.4 is 22.5 Å². The lowest BCUT2D eigenvalue weighted by Gasteiger charge is -2.09. The summed E-state index contributed by atoms with van der Waals surface area (Å²) in [5.41, 5.74) is 17.4. The van der Waals surface area contributed by atoms with Crippen LogP contribution in [0.3, 0.4) is 0 Å². The first-order valence-electron chi connectivity index (χ1n) is 7.65. The van der Waals surface area contributed by atoms with Crippen molar-refractivity contribution < 1.29 is 9.90 Å². The van der Waals surface area contributed by atoms with Gasteiger partial charge in [0.1, 0.15) is 17.4 Å². The number of imidazole rings is 1. The van der Waals surface area contributed by atoms with Crippen molar-refractivity contribution in [3.63, 3.8) is 0 Å². The molecule has 0 aliphatic carbocycles. The van der Waals surface area contributed by atoms with E-state index in [1.165, 1.54) is 0 Å². The van der Waals surface area contributed by atoms with Crippen LogP contribution in [0.2, 0.25) is 0 Å². The number of nitrogens with two attached hydrogens (primary N) is 3. The zero-order chi connectivity index (χ0) is 19.4. The van der Waals surface area contributed by atoms with Crippen LogP contribution in [-0.2, 0) is 17.9 Å². The minimum atomic E-state index is -0.602. The molecule has 1 amide bonds. The third kappa shape index (κ3) is 4.06. The SMILES string of the molecule is C=C(N)C(=NC(Cl)=C(N)N)C(=O)NCc1nc2ccc(O)cc2n1CC. The number of fused-ring (bicyclic) bond motifs is 1. The third-order valence-corrected chi connectivity index (χ3v) is 3.80. The predicted molar refractivity (Wildman–Crippen MR) is 101 cm³/mol. The Balaban J connectivity index is 2.27. The van der Waals surface area contributed by atoms with E-state index in [1.807, 2.05) is 11.5 Å². The summed E-state index contributed by atoms with van der Waals surface area (Å²) in [5.74, 6) is -0.110. The van der Waals surface area contributed by atoms with E-state index in [2.05, 4.69) is 21.9 Å². The molecule has 0 unspecified atom stereocenters. The Hall–Kier alpha value is -3.20. The van der Waals surface area contributed by atoms with Gasteiger partial charge in [-0.15, -0.1) is 0 Å². The lowest BCUT2D eigenvalue weighted by Crippen LogP contribution is -2.34. The molecule has 0 atom stereocenters. The Morgan fingerprint density at radius 3 is 2.69 bits per heavy atom. The van der Waals surface area contributed by atoms with E-state index in [9.17, 15) is 9.90 Å². The van der Waals surface area contributed by atoms with Crippen molar-refractivity contribution in [2.45, 2.75) is 20.0 Å². The molecule has 138 valence electrons. The summed E-state index contributed by atoms with van der Waals surface area (Å²) < 4.78 is 1.87. The molecule has 26 heavy (non-hydrogen) atoms. The second-order valence-corrected chi connectivity index (χ2v) is 5.72. The number of nitrogens with zero attached hydrogens (tertiary/aromatic N) is 3. The van der Waals surface area contributed by atoms with Crippen molar-refractivity contribution in [1.82, 2.24) is 14.9 Å². The van der Waals surface area contributed by atoms with Crippen LogP contribution in [0.4, 0.5) is 0 Å². The highest BCUT2D eigenvalue weighted by Gasteiger charge is 2.16. The summed E-state index contributed by atoms with van der Waals surface area (Å²) in [6.07, 6.45) is 0. The molecule has 9 nitrogen and oxygen atoms in total. The number of carbonyl (C=O) groups excluding carboxylic acids is 1. The van der Waals surface area contributed by atoms with Crippen LogP contribution >= 0.6 is 11.6 Å². The largest absolute Gasteiger partial charge is 0.508 e. The number of aliphatic imine (C=N–C) groups is 1. The lowest BCUT2D eigenvalue weighted by atomic mass is 10.3. The molecule has 0 fully saturated rings. The Morgan fingerprint density at radius 1 is 1.42 bits per heavy atom. The van der Waals surface area contributed by atoms with Gasteiger partial charge < -0.3 is 32.2 Å². The maximum Gasteiger partial charge on any atom is 0.272 e. The molecule has 2 aromatic rings. The van der Waals surface area contributed by atoms with E-state index in [0.29, 0.717) is 17.9 Å². The minimum absolute atomic E-state index is 0.0872. The van der Waals surface area contributed by atoms with Gasteiger partial charge in [-0.25, -0.2) is 9.98 Å². The van der Waals surface area contributed by atoms with Crippen molar-refractivity contribution in [2.75, 3.05) is 0 Å². The van der Waals surface area contributed by atoms with Crippen LogP contribution in [0.5, 0.6) is 5.75 Å². The predicted octanol–water partition coefficient (Wildman–Crippen LogP) is 0.574. The molecular formula is C16H20ClN7O2. The normalized spacial score (nSPS) is 11.4. The van der Waals surface area contributed by atoms with E-state index < -0.39 is 5.91 Å². The van der Waals surface area contributed by atoms with E-state index in [0.717, 1.165) is 5.52 Å². The van der Waals surface area contributed by atoms with E-state index in [4.69, 9.17) is 28.8 Å². The quantitative estimate of drug-likeness (QED) is 0.366. The van der Waals surface area contributed by atoms with Crippen molar-refractivity contribution in [3.05, 3.63) is 47.3 Å². The number of nitrogens with one attached hydrogen (secondary N) is 1. The number of halogens is 1. The molecule has 0 spiro atoms. The van der Waals surface area contributed by atoms with Crippen LogP contribution in [0.1, 0.15) is 12.7 Å². The fourth-order valence-electron chi connectivity index (χ4n) is 2.32. The maximum atomic E-state index is 12.4. The topological polar surface area (TPSA) is 158 Å². The Bertz CT molecular complexity index is 926. The van der Waals surface area contributed by atoms with Crippen LogP contribution in [0.25, 0.3) is 11.0 Å². The molecular weight excluding hydrogens is 358 g/mol. The molecule has 8 N–H and O–H groups in total. The standard InChI is InChI=1S/C16H20ClN7O2/c1-3-24-11-6-9(25)4-5-10(11)22-12(24)7-21-16(26)13(8(2)18)23-14(17)15(19)20/h4-6,25H,2-3,7,18-20H2,1H3,(H,21,26). The van der Waals surface area contributed by atoms with Gasteiger partial charge in [0.15, 0.2) is 10.9 Å². The number of aromatic nitrogens is 2. The number of amides is 1. The van der Waals surface area contributed by atoms with Gasteiger partial charge in [0.05, 0.1) is 23.3 Å². The van der Waals surface area contributed by atoms with Crippen LogP contribution in [-0.4, -0.2) is 26.3 Å². The number of aryl methyl sites for hydroxylation is 1. The van der Waals surface area contributed by atoms with Crippen LogP contribution in [0.15, 0.2) is 46.4 Å². The number of aromatic hydroxyl groups is 1. The number of phenols is 1. The average Bonchev–Trinajstić information content (AvgIpc) is 2.93. The zero-order valence-corrected chi connectivity index (χ0v) is 14.9. The van der Waals surface area contributed by atoms with Crippen molar-refractivity contribution in [1.29, 1.82) is 0 Å². The smallest absolute Gasteiger partial charge is 0.272 e. The highest BCUT2D eigenvalue weighted by Crippen LogP contribution is 2.21. The molecule has 0 saturated carbocycles. The summed E-state index contributed by atoms with van der Waals surface area (Å²) in [4.78, 5) is 20.6. The third-order valence-electron chi connectivity index (χ3n) is 3.50. The molecule has 0 radical (unpaired) electrons. The average molecular weight is 378 g/mol. The van der Waals surface area contributed by atoms with Crippen molar-refractivity contribution in [3.8, 4) is 5.75 Å². The number of carbonyl (C=O) groups is 1. The molecule has 0 aliphatic rings. The van der Waals surface area contributed by atoms with Crippen molar-refractivity contribution in [2.24, 2.45) is 22.2 Å². The first kappa shape index (κ1) is 19.1. The number of phenolic OH excluding ortho intramolecular Hbond substituents is 1. The second kappa shape index (κ2) is 7.79. The van der Waals surface area contributed by atoms with Gasteiger partial charge in [0.25, 0.3) is 5.91 Å². The van der Waals surface area contributed by atoms with Gasteiger partial charge in [0.2, 0.25) is 0 Å². The number of hydrogen-bond donors (Lipinski definition) is 5. The molecule has 1 aromatic carbocycles. The fourth-order valence-corrected chi connectivity index (χ4v) is 2.41. The van der Waals surface area contributed by atoms with Gasteiger partial charge in [-0.05, 0) is 19.1 Å². The van der Waals surface area contributed by atoms with Crippen molar-refractivity contribution >= 4 is 34.3 Å². The zero-order valence-electron chi connectivity index (χ0n) is 14.2. The van der Waals surface area contributed by atoms with E-state index >= 15 is 0 Å². The summed E-state index contributed by atoms with van der Waals surface area (Å²) in [7, 11) is 0. The van der Waals surface area contributed by atoms with Gasteiger partial charge in [0, 0.05) is 12.6 Å². The Kier molecular flexibility index (Phi) is 5.73. The summed E-state index contributed by atoms with van der Waals surface area (Å²) in [6, 6.07) is 4.86. The van der Waals surface area contributed by atoms with Crippen LogP contribution in [0, 0.1) is 0 Å². The Labute approximate surface area is 154 Å². The highest BCUT2D eigenvalue weighted by molar-refractivity contribution is 6.46. The summed E-state index contributed by atoms with van der Waals surface area (Å²) in [5, 5.41) is 12.1. The molecule has 1 heterocycles. The van der Waals surface area contributed by atoms with E-state index in [1.54, 1.807) is 18.2 Å². The van der Waals surface area contributed by atoms with Gasteiger partial charge in [-0.3, -0.25) is 4.79 Å². The first-order valence-corrected chi connectivity index (χ1v) is 8.02. The number of hydrogen-bond acceptors (Lipinski definition) is 7. The number of rotatable bonds is 6. The molecule has 0 bridgehead atoms. The van der Waals surface area contributed by atoms with Gasteiger partial charge in [-0.1, -0.05) is 18.2 Å². The monoisotopic (exact) mass is 377 g/mol. The first-order chi connectivity index (χ1) is 12.2. The molecule has 2 rings (SSSR count).